The van der Waals surface area contributed by atoms with E-state index in [4.69, 9.17) is 34.8 Å². The van der Waals surface area contributed by atoms with E-state index in [1.54, 1.807) is 54.6 Å². The average Bonchev–Trinajstić information content (AvgIpc) is 3.14. The minimum atomic E-state index is -0.622. The van der Waals surface area contributed by atoms with E-state index in [1.165, 1.54) is 4.90 Å². The number of aryl methyl sites for hydroxylation is 1. The molecule has 1 heterocycles. The SMILES string of the molecule is Cc1ccc(N2C(=O)[C@@H](Cc3cc(Cl)ccc3Cl)S/C2=C(/C#N)C(=O)Nc2ccc(Cl)cc2)cc1. The molecule has 1 N–H and O–H groups in total. The van der Waals surface area contributed by atoms with E-state index in [1.807, 2.05) is 25.1 Å². The van der Waals surface area contributed by atoms with Crippen molar-refractivity contribution < 1.29 is 9.59 Å². The first-order valence-corrected chi connectivity index (χ1v) is 12.5. The van der Waals surface area contributed by atoms with Crippen molar-refractivity contribution in [1.82, 2.24) is 0 Å². The van der Waals surface area contributed by atoms with E-state index in [-0.39, 0.29) is 22.9 Å². The van der Waals surface area contributed by atoms with Crippen molar-refractivity contribution in [3.8, 4) is 6.07 Å². The first-order chi connectivity index (χ1) is 16.8. The van der Waals surface area contributed by atoms with E-state index in [2.05, 4.69) is 5.32 Å². The molecular weight excluding hydrogens is 525 g/mol. The van der Waals surface area contributed by atoms with E-state index < -0.39 is 11.2 Å². The normalized spacial score (nSPS) is 16.7. The summed E-state index contributed by atoms with van der Waals surface area (Å²) in [6, 6.07) is 20.9. The summed E-state index contributed by atoms with van der Waals surface area (Å²) in [5.41, 5.74) is 2.60. The number of benzene rings is 3. The average molecular weight is 543 g/mol. The number of carbonyl (C=O) groups is 2. The molecule has 1 aliphatic heterocycles. The molecular formula is C26H18Cl3N3O2S. The molecule has 0 radical (unpaired) electrons. The maximum atomic E-state index is 13.6. The number of nitrogens with one attached hydrogen (secondary N) is 1. The summed E-state index contributed by atoms with van der Waals surface area (Å²) in [6.07, 6.45) is 0.284. The van der Waals surface area contributed by atoms with Crippen molar-refractivity contribution in [2.45, 2.75) is 18.6 Å². The second-order valence-corrected chi connectivity index (χ2v) is 10.3. The van der Waals surface area contributed by atoms with Crippen molar-refractivity contribution in [3.05, 3.63) is 104 Å². The Kier molecular flexibility index (Phi) is 7.73. The molecule has 1 fully saturated rings. The van der Waals surface area contributed by atoms with Crippen LogP contribution in [0, 0.1) is 18.3 Å². The number of thioether (sulfide) groups is 1. The topological polar surface area (TPSA) is 73.2 Å². The van der Waals surface area contributed by atoms with Gasteiger partial charge in [-0.05, 0) is 73.5 Å². The fourth-order valence-corrected chi connectivity index (χ4v) is 5.35. The molecule has 1 aliphatic rings. The zero-order valence-corrected chi connectivity index (χ0v) is 21.5. The molecule has 0 aliphatic carbocycles. The fraction of sp³-hybridized carbons (Fsp3) is 0.115. The summed E-state index contributed by atoms with van der Waals surface area (Å²) in [5, 5.41) is 13.8. The standard InChI is InChI=1S/C26H18Cl3N3O2S/c1-15-2-9-20(10-3-15)32-25(34)23(13-16-12-18(28)6-11-22(16)29)35-26(32)21(14-30)24(33)31-19-7-4-17(27)5-8-19/h2-12,23H,13H2,1H3,(H,31,33)/b26-21-/t23-/m1/s1. The third kappa shape index (κ3) is 5.66. The van der Waals surface area contributed by atoms with Gasteiger partial charge in [-0.25, -0.2) is 0 Å². The third-order valence-corrected chi connectivity index (χ3v) is 7.43. The van der Waals surface area contributed by atoms with Crippen molar-refractivity contribution in [3.63, 3.8) is 0 Å². The van der Waals surface area contributed by atoms with Crippen molar-refractivity contribution in [2.24, 2.45) is 0 Å². The van der Waals surface area contributed by atoms with Crippen LogP contribution in [0.3, 0.4) is 0 Å². The molecule has 9 heteroatoms. The lowest BCUT2D eigenvalue weighted by molar-refractivity contribution is -0.117. The van der Waals surface area contributed by atoms with Crippen LogP contribution in [0.15, 0.2) is 77.3 Å². The lowest BCUT2D eigenvalue weighted by atomic mass is 10.1. The molecule has 1 atom stereocenters. The van der Waals surface area contributed by atoms with Crippen LogP contribution in [-0.4, -0.2) is 17.1 Å². The van der Waals surface area contributed by atoms with Gasteiger partial charge in [0.05, 0.1) is 5.25 Å². The Labute approximate surface area is 222 Å². The van der Waals surface area contributed by atoms with Crippen LogP contribution < -0.4 is 10.2 Å². The van der Waals surface area contributed by atoms with Gasteiger partial charge in [-0.1, -0.05) is 64.3 Å². The summed E-state index contributed by atoms with van der Waals surface area (Å²) in [4.78, 5) is 28.1. The molecule has 5 nitrogen and oxygen atoms in total. The van der Waals surface area contributed by atoms with E-state index >= 15 is 0 Å². The Bertz CT molecular complexity index is 1370. The first kappa shape index (κ1) is 25.2. The molecule has 3 aromatic rings. The van der Waals surface area contributed by atoms with Crippen molar-refractivity contribution in [1.29, 1.82) is 5.26 Å². The van der Waals surface area contributed by atoms with Crippen LogP contribution in [0.2, 0.25) is 15.1 Å². The van der Waals surface area contributed by atoms with Gasteiger partial charge >= 0.3 is 0 Å². The molecule has 0 spiro atoms. The van der Waals surface area contributed by atoms with Crippen molar-refractivity contribution >= 4 is 69.8 Å². The van der Waals surface area contributed by atoms with Crippen LogP contribution in [0.4, 0.5) is 11.4 Å². The molecule has 176 valence electrons. The number of anilines is 2. The van der Waals surface area contributed by atoms with Gasteiger partial charge in [0, 0.05) is 26.4 Å². The molecule has 1 saturated heterocycles. The first-order valence-electron chi connectivity index (χ1n) is 10.5. The molecule has 0 saturated carbocycles. The smallest absolute Gasteiger partial charge is 0.269 e. The minimum absolute atomic E-state index is 0.168. The highest BCUT2D eigenvalue weighted by molar-refractivity contribution is 8.05. The Hall–Kier alpha value is -2.95. The van der Waals surface area contributed by atoms with Crippen LogP contribution in [0.1, 0.15) is 11.1 Å². The monoisotopic (exact) mass is 541 g/mol. The second-order valence-electron chi connectivity index (χ2n) is 7.81. The summed E-state index contributed by atoms with van der Waals surface area (Å²) < 4.78 is 0. The van der Waals surface area contributed by atoms with Crippen LogP contribution in [-0.2, 0) is 16.0 Å². The zero-order chi connectivity index (χ0) is 25.1. The second kappa shape index (κ2) is 10.8. The highest BCUT2D eigenvalue weighted by Crippen LogP contribution is 2.42. The highest BCUT2D eigenvalue weighted by Gasteiger charge is 2.41. The number of nitrogens with zero attached hydrogens (tertiary/aromatic N) is 2. The summed E-state index contributed by atoms with van der Waals surface area (Å²) in [5.74, 6) is -0.874. The van der Waals surface area contributed by atoms with E-state index in [0.717, 1.165) is 17.3 Å². The van der Waals surface area contributed by atoms with Gasteiger partial charge < -0.3 is 5.32 Å². The van der Waals surface area contributed by atoms with E-state index in [0.29, 0.717) is 32.0 Å². The predicted octanol–water partition coefficient (Wildman–Crippen LogP) is 7.02. The molecule has 0 bridgehead atoms. The number of halogens is 3. The largest absolute Gasteiger partial charge is 0.321 e. The van der Waals surface area contributed by atoms with Crippen LogP contribution in [0.5, 0.6) is 0 Å². The van der Waals surface area contributed by atoms with Gasteiger partial charge in [-0.2, -0.15) is 5.26 Å². The fourth-order valence-electron chi connectivity index (χ4n) is 3.54. The van der Waals surface area contributed by atoms with Crippen LogP contribution >= 0.6 is 46.6 Å². The Morgan fingerprint density at radius 3 is 2.34 bits per heavy atom. The number of carbonyl (C=O) groups excluding carboxylic acids is 2. The maximum absolute atomic E-state index is 13.6. The lowest BCUT2D eigenvalue weighted by Gasteiger charge is -2.19. The molecule has 2 amide bonds. The molecule has 4 rings (SSSR count). The van der Waals surface area contributed by atoms with Gasteiger partial charge in [0.15, 0.2) is 0 Å². The summed E-state index contributed by atoms with van der Waals surface area (Å²) in [7, 11) is 0. The van der Waals surface area contributed by atoms with Gasteiger partial charge in [-0.3, -0.25) is 14.5 Å². The highest BCUT2D eigenvalue weighted by atomic mass is 35.5. The zero-order valence-electron chi connectivity index (χ0n) is 18.4. The number of hydrogen-bond donors (Lipinski definition) is 1. The quantitative estimate of drug-likeness (QED) is 0.278. The predicted molar refractivity (Wildman–Crippen MR) is 143 cm³/mol. The van der Waals surface area contributed by atoms with Crippen molar-refractivity contribution in [2.75, 3.05) is 10.2 Å². The molecule has 35 heavy (non-hydrogen) atoms. The summed E-state index contributed by atoms with van der Waals surface area (Å²) in [6.45, 7) is 1.94. The Morgan fingerprint density at radius 2 is 1.69 bits per heavy atom. The van der Waals surface area contributed by atoms with Crippen LogP contribution in [0.25, 0.3) is 0 Å². The number of amides is 2. The van der Waals surface area contributed by atoms with Gasteiger partial charge in [0.2, 0.25) is 5.91 Å². The number of rotatable bonds is 5. The third-order valence-electron chi connectivity index (χ3n) is 5.31. The van der Waals surface area contributed by atoms with Gasteiger partial charge in [0.1, 0.15) is 16.7 Å². The van der Waals surface area contributed by atoms with Gasteiger partial charge in [-0.15, -0.1) is 0 Å². The van der Waals surface area contributed by atoms with E-state index in [9.17, 15) is 14.9 Å². The molecule has 0 aromatic heterocycles. The molecule has 3 aromatic carbocycles. The molecule has 0 unspecified atom stereocenters. The lowest BCUT2D eigenvalue weighted by Crippen LogP contribution is -2.31. The maximum Gasteiger partial charge on any atom is 0.269 e. The minimum Gasteiger partial charge on any atom is -0.321 e. The summed E-state index contributed by atoms with van der Waals surface area (Å²) >= 11 is 19.6. The Balaban J connectivity index is 1.73. The van der Waals surface area contributed by atoms with Gasteiger partial charge in [0.25, 0.3) is 5.91 Å². The number of nitriles is 1. The number of hydrogen-bond acceptors (Lipinski definition) is 4. The Morgan fingerprint density at radius 1 is 1.03 bits per heavy atom.